The van der Waals surface area contributed by atoms with Gasteiger partial charge in [0.25, 0.3) is 0 Å². The number of halogens is 3. The summed E-state index contributed by atoms with van der Waals surface area (Å²) in [5, 5.41) is 4.00. The van der Waals surface area contributed by atoms with Gasteiger partial charge in [0.15, 0.2) is 18.1 Å². The number of imidazole rings is 1. The fraction of sp³-hybridized carbons (Fsp3) is 0.206. The number of benzene rings is 3. The van der Waals surface area contributed by atoms with Crippen LogP contribution in [-0.2, 0) is 30.5 Å². The number of carbonyl (C=O) groups is 1. The number of hydrogen-bond acceptors (Lipinski definition) is 6. The van der Waals surface area contributed by atoms with Crippen molar-refractivity contribution < 1.29 is 27.4 Å². The van der Waals surface area contributed by atoms with E-state index in [0.717, 1.165) is 16.9 Å². The zero-order valence-corrected chi connectivity index (χ0v) is 25.2. The van der Waals surface area contributed by atoms with E-state index >= 15 is 0 Å². The molecule has 0 N–H and O–H groups in total. The minimum Gasteiger partial charge on any atom is -0.497 e. The molecule has 0 aliphatic carbocycles. The van der Waals surface area contributed by atoms with E-state index in [9.17, 15) is 18.0 Å². The molecule has 1 amide bonds. The summed E-state index contributed by atoms with van der Waals surface area (Å²) in [6, 6.07) is 23.8. The highest BCUT2D eigenvalue weighted by Gasteiger charge is 2.41. The van der Waals surface area contributed by atoms with Gasteiger partial charge in [-0.2, -0.15) is 18.3 Å². The van der Waals surface area contributed by atoms with Crippen LogP contribution < -0.4 is 9.64 Å². The van der Waals surface area contributed by atoms with Gasteiger partial charge < -0.3 is 23.8 Å². The van der Waals surface area contributed by atoms with Crippen LogP contribution in [0.15, 0.2) is 97.8 Å². The van der Waals surface area contributed by atoms with Gasteiger partial charge in [-0.05, 0) is 60.5 Å². The third-order valence-electron chi connectivity index (χ3n) is 7.81. The molecule has 236 valence electrons. The van der Waals surface area contributed by atoms with Crippen LogP contribution in [0.25, 0.3) is 17.1 Å². The second-order valence-corrected chi connectivity index (χ2v) is 10.8. The lowest BCUT2D eigenvalue weighted by Gasteiger charge is -2.32. The Labute approximate surface area is 263 Å². The molecule has 5 aromatic rings. The lowest BCUT2D eigenvalue weighted by Crippen LogP contribution is -2.30. The molecule has 3 aromatic carbocycles. The average molecular weight is 629 g/mol. The van der Waals surface area contributed by atoms with Crippen molar-refractivity contribution in [2.45, 2.75) is 25.7 Å². The summed E-state index contributed by atoms with van der Waals surface area (Å²) in [4.78, 5) is 20.3. The number of rotatable bonds is 8. The molecule has 0 radical (unpaired) electrons. The molecule has 0 unspecified atom stereocenters. The number of alkyl halides is 3. The summed E-state index contributed by atoms with van der Waals surface area (Å²) in [5.41, 5.74) is 2.91. The molecular formula is C34H31F3N6O3. The largest absolute Gasteiger partial charge is 0.497 e. The van der Waals surface area contributed by atoms with Crippen LogP contribution in [0.5, 0.6) is 5.75 Å². The highest BCUT2D eigenvalue weighted by atomic mass is 19.4. The molecule has 1 aliphatic heterocycles. The van der Waals surface area contributed by atoms with Crippen LogP contribution in [0.3, 0.4) is 0 Å². The van der Waals surface area contributed by atoms with Gasteiger partial charge in [-0.15, -0.1) is 0 Å². The molecule has 46 heavy (non-hydrogen) atoms. The van der Waals surface area contributed by atoms with Gasteiger partial charge in [0, 0.05) is 49.5 Å². The summed E-state index contributed by atoms with van der Waals surface area (Å²) < 4.78 is 55.9. The lowest BCUT2D eigenvalue weighted by atomic mass is 10.0. The second kappa shape index (κ2) is 12.5. The van der Waals surface area contributed by atoms with Gasteiger partial charge in [0.05, 0.1) is 24.2 Å². The predicted molar refractivity (Wildman–Crippen MR) is 167 cm³/mol. The van der Waals surface area contributed by atoms with Crippen LogP contribution in [0.4, 0.5) is 23.7 Å². The molecule has 9 nitrogen and oxygen atoms in total. The van der Waals surface area contributed by atoms with Crippen LogP contribution >= 0.6 is 0 Å². The summed E-state index contributed by atoms with van der Waals surface area (Å²) in [6.07, 6.45) is -1.56. The van der Waals surface area contributed by atoms with Crippen molar-refractivity contribution in [3.63, 3.8) is 0 Å². The monoisotopic (exact) mass is 628 g/mol. The molecule has 0 bridgehead atoms. The first kappa shape index (κ1) is 30.5. The molecule has 1 aliphatic rings. The number of fused-ring (bicyclic) bond motifs is 1. The quantitative estimate of drug-likeness (QED) is 0.186. The highest BCUT2D eigenvalue weighted by Crippen LogP contribution is 2.40. The normalized spacial score (nSPS) is 13.0. The van der Waals surface area contributed by atoms with E-state index in [2.05, 4.69) is 16.7 Å². The summed E-state index contributed by atoms with van der Waals surface area (Å²) in [6.45, 7) is 4.88. The maximum absolute atomic E-state index is 14.0. The van der Waals surface area contributed by atoms with E-state index in [4.69, 9.17) is 9.47 Å². The number of aromatic nitrogens is 4. The Morgan fingerprint density at radius 2 is 1.65 bits per heavy atom. The van der Waals surface area contributed by atoms with Gasteiger partial charge in [-0.3, -0.25) is 0 Å². The molecule has 0 fully saturated rings. The Kier molecular flexibility index (Phi) is 8.27. The van der Waals surface area contributed by atoms with E-state index in [-0.39, 0.29) is 18.6 Å². The van der Waals surface area contributed by atoms with Crippen LogP contribution in [-0.4, -0.2) is 51.0 Å². The number of amides is 1. The first-order valence-corrected chi connectivity index (χ1v) is 14.5. The number of anilines is 1. The predicted octanol–water partition coefficient (Wildman–Crippen LogP) is 6.89. The SMILES string of the molecule is C=C1c2c(c(C(F)(F)F)nn2-c2ccc(OC)cc2)CCN1c1ccc(-n2ccnc2COC(=O)N(C)Cc2ccccc2)cc1. The average Bonchev–Trinajstić information content (AvgIpc) is 3.70. The van der Waals surface area contributed by atoms with E-state index in [1.165, 1.54) is 16.7 Å². The fourth-order valence-electron chi connectivity index (χ4n) is 5.52. The first-order chi connectivity index (χ1) is 22.1. The van der Waals surface area contributed by atoms with Gasteiger partial charge in [0.2, 0.25) is 0 Å². The van der Waals surface area contributed by atoms with Crippen molar-refractivity contribution in [1.82, 2.24) is 24.2 Å². The van der Waals surface area contributed by atoms with Crippen molar-refractivity contribution in [3.05, 3.63) is 126 Å². The third kappa shape index (κ3) is 6.06. The van der Waals surface area contributed by atoms with Gasteiger partial charge >= 0.3 is 12.3 Å². The minimum atomic E-state index is -4.61. The Hall–Kier alpha value is -5.52. The molecule has 0 saturated heterocycles. The number of methoxy groups -OCH3 is 1. The van der Waals surface area contributed by atoms with E-state index in [1.807, 2.05) is 64.1 Å². The van der Waals surface area contributed by atoms with Crippen molar-refractivity contribution in [1.29, 1.82) is 0 Å². The van der Waals surface area contributed by atoms with Crippen LogP contribution in [0.2, 0.25) is 0 Å². The topological polar surface area (TPSA) is 77.6 Å². The third-order valence-corrected chi connectivity index (χ3v) is 7.81. The molecule has 0 spiro atoms. The minimum absolute atomic E-state index is 0.0324. The second-order valence-electron chi connectivity index (χ2n) is 10.8. The summed E-state index contributed by atoms with van der Waals surface area (Å²) in [5.74, 6) is 1.11. The Morgan fingerprint density at radius 1 is 0.978 bits per heavy atom. The molecular weight excluding hydrogens is 597 g/mol. The molecule has 0 atom stereocenters. The standard InChI is InChI=1S/C34H31F3N6O3/c1-23-31-29(32(34(35,36)37)39-43(31)27-13-15-28(45-3)16-14-27)17-19-41(23)25-9-11-26(12-10-25)42-20-18-38-30(42)22-46-33(44)40(2)21-24-7-5-4-6-8-24/h4-16,18,20H,1,17,19,21-22H2,2-3H3. The zero-order chi connectivity index (χ0) is 32.4. The Balaban J connectivity index is 1.20. The molecule has 2 aromatic heterocycles. The fourth-order valence-corrected chi connectivity index (χ4v) is 5.52. The smallest absolute Gasteiger partial charge is 0.435 e. The van der Waals surface area contributed by atoms with Crippen molar-refractivity contribution in [3.8, 4) is 17.1 Å². The number of carbonyl (C=O) groups excluding carboxylic acids is 1. The summed E-state index contributed by atoms with van der Waals surface area (Å²) in [7, 11) is 3.19. The van der Waals surface area contributed by atoms with Crippen molar-refractivity contribution in [2.75, 3.05) is 25.6 Å². The summed E-state index contributed by atoms with van der Waals surface area (Å²) >= 11 is 0. The van der Waals surface area contributed by atoms with E-state index in [1.54, 1.807) is 43.7 Å². The Morgan fingerprint density at radius 3 is 2.33 bits per heavy atom. The van der Waals surface area contributed by atoms with Crippen LogP contribution in [0, 0.1) is 0 Å². The molecule has 6 rings (SSSR count). The van der Waals surface area contributed by atoms with Crippen molar-refractivity contribution in [2.24, 2.45) is 0 Å². The van der Waals surface area contributed by atoms with Gasteiger partial charge in [-0.1, -0.05) is 36.9 Å². The first-order valence-electron chi connectivity index (χ1n) is 14.5. The van der Waals surface area contributed by atoms with Crippen molar-refractivity contribution >= 4 is 17.5 Å². The molecule has 0 saturated carbocycles. The van der Waals surface area contributed by atoms with E-state index in [0.29, 0.717) is 41.7 Å². The highest BCUT2D eigenvalue weighted by molar-refractivity contribution is 5.81. The van der Waals surface area contributed by atoms with Gasteiger partial charge in [0.1, 0.15) is 5.75 Å². The molecule has 3 heterocycles. The maximum Gasteiger partial charge on any atom is 0.435 e. The zero-order valence-electron chi connectivity index (χ0n) is 25.2. The molecule has 12 heteroatoms. The lowest BCUT2D eigenvalue weighted by molar-refractivity contribution is -0.141. The van der Waals surface area contributed by atoms with E-state index < -0.39 is 18.0 Å². The van der Waals surface area contributed by atoms with Crippen LogP contribution in [0.1, 0.15) is 28.3 Å². The number of nitrogens with zero attached hydrogens (tertiary/aromatic N) is 6. The maximum atomic E-state index is 14.0. The number of ether oxygens (including phenoxy) is 2. The van der Waals surface area contributed by atoms with Gasteiger partial charge in [-0.25, -0.2) is 14.5 Å². The Bertz CT molecular complexity index is 1850. The number of hydrogen-bond donors (Lipinski definition) is 0.